The number of methoxy groups -OCH3 is 1. The van der Waals surface area contributed by atoms with Gasteiger partial charge in [0.15, 0.2) is 0 Å². The first-order valence-corrected chi connectivity index (χ1v) is 10.2. The predicted molar refractivity (Wildman–Crippen MR) is 109 cm³/mol. The lowest BCUT2D eigenvalue weighted by atomic mass is 10.1. The van der Waals surface area contributed by atoms with Crippen LogP contribution in [0.25, 0.3) is 0 Å². The van der Waals surface area contributed by atoms with Crippen LogP contribution in [0.1, 0.15) is 15.9 Å². The monoisotopic (exact) mass is 432 g/mol. The molecule has 1 amide bonds. The summed E-state index contributed by atoms with van der Waals surface area (Å²) in [7, 11) is -2.47. The number of anilines is 2. The Labute approximate surface area is 172 Å². The Morgan fingerprint density at radius 3 is 2.23 bits per heavy atom. The fraction of sp³-hybridized carbons (Fsp3) is 0.0952. The maximum absolute atomic E-state index is 13.8. The van der Waals surface area contributed by atoms with Crippen LogP contribution in [-0.4, -0.2) is 21.4 Å². The number of nitrogens with one attached hydrogen (secondary N) is 2. The number of carbonyl (C=O) groups excluding carboxylic acids is 1. The molecule has 6 nitrogen and oxygen atoms in total. The van der Waals surface area contributed by atoms with E-state index < -0.39 is 27.6 Å². The Bertz CT molecular complexity index is 1200. The molecule has 30 heavy (non-hydrogen) atoms. The normalized spacial score (nSPS) is 11.1. The molecule has 0 aromatic heterocycles. The molecule has 0 spiro atoms. The van der Waals surface area contributed by atoms with Gasteiger partial charge in [-0.15, -0.1) is 0 Å². The molecule has 0 atom stereocenters. The molecule has 0 radical (unpaired) electrons. The van der Waals surface area contributed by atoms with E-state index in [1.165, 1.54) is 25.3 Å². The molecule has 3 aromatic carbocycles. The Balaban J connectivity index is 1.85. The van der Waals surface area contributed by atoms with Crippen LogP contribution >= 0.6 is 0 Å². The van der Waals surface area contributed by atoms with Crippen molar-refractivity contribution in [1.82, 2.24) is 0 Å². The summed E-state index contributed by atoms with van der Waals surface area (Å²) in [6.45, 7) is 1.60. The third-order valence-electron chi connectivity index (χ3n) is 4.25. The van der Waals surface area contributed by atoms with Crippen LogP contribution < -0.4 is 14.8 Å². The minimum atomic E-state index is -3.97. The first kappa shape index (κ1) is 21.3. The Morgan fingerprint density at radius 1 is 0.933 bits per heavy atom. The first-order valence-electron chi connectivity index (χ1n) is 8.73. The second kappa shape index (κ2) is 8.50. The third kappa shape index (κ3) is 4.74. The van der Waals surface area contributed by atoms with Gasteiger partial charge in [0.05, 0.1) is 17.6 Å². The van der Waals surface area contributed by atoms with Gasteiger partial charge in [-0.1, -0.05) is 6.07 Å². The van der Waals surface area contributed by atoms with Gasteiger partial charge >= 0.3 is 0 Å². The lowest BCUT2D eigenvalue weighted by Gasteiger charge is -2.13. The molecule has 2 N–H and O–H groups in total. The molecule has 9 heteroatoms. The van der Waals surface area contributed by atoms with E-state index in [-0.39, 0.29) is 16.1 Å². The topological polar surface area (TPSA) is 84.5 Å². The minimum Gasteiger partial charge on any atom is -0.497 e. The number of hydrogen-bond donors (Lipinski definition) is 2. The maximum Gasteiger partial charge on any atom is 0.262 e. The van der Waals surface area contributed by atoms with E-state index in [1.54, 1.807) is 31.2 Å². The zero-order chi connectivity index (χ0) is 21.9. The Morgan fingerprint density at radius 2 is 1.60 bits per heavy atom. The van der Waals surface area contributed by atoms with E-state index >= 15 is 0 Å². The SMILES string of the molecule is COc1ccc(NS(=O)(=O)c2cc(NC(=O)c3ccc(F)cc3F)ccc2C)cc1. The molecular formula is C21H18F2N2O4S. The second-order valence-electron chi connectivity index (χ2n) is 6.39. The van der Waals surface area contributed by atoms with E-state index in [9.17, 15) is 22.0 Å². The number of amides is 1. The number of carbonyl (C=O) groups is 1. The van der Waals surface area contributed by atoms with Gasteiger partial charge in [0, 0.05) is 17.4 Å². The highest BCUT2D eigenvalue weighted by molar-refractivity contribution is 7.92. The molecule has 0 heterocycles. The van der Waals surface area contributed by atoms with Gasteiger partial charge < -0.3 is 10.1 Å². The molecule has 0 aliphatic heterocycles. The number of ether oxygens (including phenoxy) is 1. The van der Waals surface area contributed by atoms with Crippen LogP contribution in [0.4, 0.5) is 20.2 Å². The second-order valence-corrected chi connectivity index (χ2v) is 8.04. The summed E-state index contributed by atoms with van der Waals surface area (Å²) >= 11 is 0. The van der Waals surface area contributed by atoms with Crippen molar-refractivity contribution >= 4 is 27.3 Å². The fourth-order valence-corrected chi connectivity index (χ4v) is 4.04. The summed E-state index contributed by atoms with van der Waals surface area (Å²) in [4.78, 5) is 12.2. The number of hydrogen-bond acceptors (Lipinski definition) is 4. The Hall–Kier alpha value is -3.46. The molecule has 0 aliphatic carbocycles. The van der Waals surface area contributed by atoms with Gasteiger partial charge in [0.1, 0.15) is 17.4 Å². The van der Waals surface area contributed by atoms with Gasteiger partial charge in [-0.2, -0.15) is 0 Å². The van der Waals surface area contributed by atoms with Gasteiger partial charge in [0.25, 0.3) is 15.9 Å². The van der Waals surface area contributed by atoms with E-state index in [2.05, 4.69) is 10.0 Å². The largest absolute Gasteiger partial charge is 0.497 e. The molecule has 0 unspecified atom stereocenters. The van der Waals surface area contributed by atoms with Crippen molar-refractivity contribution in [3.8, 4) is 5.75 Å². The summed E-state index contributed by atoms with van der Waals surface area (Å²) in [5, 5.41) is 2.43. The average molecular weight is 432 g/mol. The predicted octanol–water partition coefficient (Wildman–Crippen LogP) is 4.33. The molecule has 0 aliphatic rings. The first-order chi connectivity index (χ1) is 14.2. The molecule has 0 bridgehead atoms. The van der Waals surface area contributed by atoms with E-state index in [0.717, 1.165) is 12.1 Å². The fourth-order valence-electron chi connectivity index (χ4n) is 2.71. The quantitative estimate of drug-likeness (QED) is 0.607. The Kier molecular flexibility index (Phi) is 6.02. The van der Waals surface area contributed by atoms with Crippen LogP contribution in [0.5, 0.6) is 5.75 Å². The standard InChI is InChI=1S/C21H18F2N2O4S/c1-13-3-5-16(24-21(26)18-10-4-14(22)11-19(18)23)12-20(13)30(27,28)25-15-6-8-17(29-2)9-7-15/h3-12,25H,1-2H3,(H,24,26). The number of sulfonamides is 1. The van der Waals surface area contributed by atoms with Crippen LogP contribution in [0.15, 0.2) is 65.6 Å². The summed E-state index contributed by atoms with van der Waals surface area (Å²) in [5.74, 6) is -2.08. The van der Waals surface area contributed by atoms with Crippen LogP contribution in [-0.2, 0) is 10.0 Å². The van der Waals surface area contributed by atoms with Crippen molar-refractivity contribution in [1.29, 1.82) is 0 Å². The molecule has 0 fully saturated rings. The highest BCUT2D eigenvalue weighted by Gasteiger charge is 2.19. The number of halogens is 2. The highest BCUT2D eigenvalue weighted by Crippen LogP contribution is 2.24. The van der Waals surface area contributed by atoms with Crippen LogP contribution in [0, 0.1) is 18.6 Å². The molecule has 0 saturated heterocycles. The summed E-state index contributed by atoms with van der Waals surface area (Å²) in [6.07, 6.45) is 0. The van der Waals surface area contributed by atoms with E-state index in [1.807, 2.05) is 0 Å². The minimum absolute atomic E-state index is 0.0595. The lowest BCUT2D eigenvalue weighted by molar-refractivity contribution is 0.102. The molecule has 156 valence electrons. The zero-order valence-corrected chi connectivity index (χ0v) is 16.9. The van der Waals surface area contributed by atoms with Crippen molar-refractivity contribution < 1.29 is 26.7 Å². The van der Waals surface area contributed by atoms with Gasteiger partial charge in [0.2, 0.25) is 0 Å². The van der Waals surface area contributed by atoms with Crippen molar-refractivity contribution in [3.63, 3.8) is 0 Å². The summed E-state index contributed by atoms with van der Waals surface area (Å²) in [5.41, 5.74) is 0.558. The average Bonchev–Trinajstić information content (AvgIpc) is 2.69. The molecule has 3 rings (SSSR count). The molecule has 0 saturated carbocycles. The lowest BCUT2D eigenvalue weighted by Crippen LogP contribution is -2.17. The molecular weight excluding hydrogens is 414 g/mol. The van der Waals surface area contributed by atoms with E-state index in [0.29, 0.717) is 23.1 Å². The van der Waals surface area contributed by atoms with E-state index in [4.69, 9.17) is 4.74 Å². The smallest absolute Gasteiger partial charge is 0.262 e. The number of aryl methyl sites for hydroxylation is 1. The van der Waals surface area contributed by atoms with Gasteiger partial charge in [-0.3, -0.25) is 9.52 Å². The maximum atomic E-state index is 13.8. The van der Waals surface area contributed by atoms with Crippen molar-refractivity contribution in [2.75, 3.05) is 17.1 Å². The van der Waals surface area contributed by atoms with Crippen LogP contribution in [0.2, 0.25) is 0 Å². The van der Waals surface area contributed by atoms with Crippen molar-refractivity contribution in [3.05, 3.63) is 83.4 Å². The third-order valence-corrected chi connectivity index (χ3v) is 5.78. The van der Waals surface area contributed by atoms with Crippen LogP contribution in [0.3, 0.4) is 0 Å². The highest BCUT2D eigenvalue weighted by atomic mass is 32.2. The van der Waals surface area contributed by atoms with Crippen molar-refractivity contribution in [2.45, 2.75) is 11.8 Å². The van der Waals surface area contributed by atoms with Crippen molar-refractivity contribution in [2.24, 2.45) is 0 Å². The number of rotatable bonds is 6. The number of benzene rings is 3. The summed E-state index contributed by atoms with van der Waals surface area (Å²) in [6, 6.07) is 13.2. The van der Waals surface area contributed by atoms with Gasteiger partial charge in [-0.25, -0.2) is 17.2 Å². The summed E-state index contributed by atoms with van der Waals surface area (Å²) < 4.78 is 60.0. The van der Waals surface area contributed by atoms with Gasteiger partial charge in [-0.05, 0) is 61.0 Å². The molecule has 3 aromatic rings. The zero-order valence-electron chi connectivity index (χ0n) is 16.1.